The zero-order chi connectivity index (χ0) is 20.7. The molecule has 3 amide bonds. The molecular weight excluding hydrogens is 398 g/mol. The van der Waals surface area contributed by atoms with E-state index < -0.39 is 30.1 Å². The molecular formula is C19H23N3O4S2. The Morgan fingerprint density at radius 2 is 1.93 bits per heavy atom. The van der Waals surface area contributed by atoms with E-state index in [-0.39, 0.29) is 0 Å². The van der Waals surface area contributed by atoms with E-state index in [0.717, 1.165) is 15.6 Å². The standard InChI is InChI=1S/C19H23N3O4S2/c1-12-10-27-18(20-12)28-11-13-7-5-6-8-14(13)16(24)26-9-15(23)21-17(25)22-19(2,3)4/h5-8,10H,9,11H2,1-4H3,(H2,21,22,23,25). The molecule has 1 aromatic carbocycles. The maximum Gasteiger partial charge on any atom is 0.338 e. The lowest BCUT2D eigenvalue weighted by Gasteiger charge is -2.20. The molecule has 0 saturated carbocycles. The predicted molar refractivity (Wildman–Crippen MR) is 110 cm³/mol. The summed E-state index contributed by atoms with van der Waals surface area (Å²) in [5, 5.41) is 6.69. The second-order valence-electron chi connectivity index (χ2n) is 7.03. The van der Waals surface area contributed by atoms with E-state index in [1.807, 2.05) is 24.4 Å². The number of thiazole rings is 1. The lowest BCUT2D eigenvalue weighted by Crippen LogP contribution is -2.49. The third-order valence-electron chi connectivity index (χ3n) is 3.26. The molecule has 0 aliphatic rings. The number of urea groups is 1. The number of benzene rings is 1. The van der Waals surface area contributed by atoms with Gasteiger partial charge in [-0.15, -0.1) is 11.3 Å². The van der Waals surface area contributed by atoms with Crippen LogP contribution < -0.4 is 10.6 Å². The van der Waals surface area contributed by atoms with Crippen molar-refractivity contribution in [2.24, 2.45) is 0 Å². The minimum absolute atomic E-state index is 0.384. The van der Waals surface area contributed by atoms with Crippen LogP contribution in [0.1, 0.15) is 42.4 Å². The molecule has 0 aliphatic carbocycles. The number of nitrogens with one attached hydrogen (secondary N) is 2. The smallest absolute Gasteiger partial charge is 0.338 e. The van der Waals surface area contributed by atoms with Gasteiger partial charge in [-0.2, -0.15) is 0 Å². The topological polar surface area (TPSA) is 97.4 Å². The summed E-state index contributed by atoms with van der Waals surface area (Å²) < 4.78 is 5.99. The molecule has 2 N–H and O–H groups in total. The van der Waals surface area contributed by atoms with Crippen LogP contribution >= 0.6 is 23.1 Å². The van der Waals surface area contributed by atoms with Crippen molar-refractivity contribution in [1.29, 1.82) is 0 Å². The van der Waals surface area contributed by atoms with Crippen LogP contribution in [0.4, 0.5) is 4.79 Å². The van der Waals surface area contributed by atoms with E-state index >= 15 is 0 Å². The Kier molecular flexibility index (Phi) is 7.59. The normalized spacial score (nSPS) is 11.0. The van der Waals surface area contributed by atoms with E-state index in [4.69, 9.17) is 4.74 Å². The van der Waals surface area contributed by atoms with Crippen LogP contribution in [0.3, 0.4) is 0 Å². The highest BCUT2D eigenvalue weighted by Crippen LogP contribution is 2.27. The van der Waals surface area contributed by atoms with Crippen molar-refractivity contribution >= 4 is 41.0 Å². The number of ether oxygens (including phenoxy) is 1. The molecule has 0 bridgehead atoms. The van der Waals surface area contributed by atoms with Crippen LogP contribution in [0.5, 0.6) is 0 Å². The van der Waals surface area contributed by atoms with Crippen molar-refractivity contribution in [3.05, 3.63) is 46.5 Å². The molecule has 1 heterocycles. The maximum absolute atomic E-state index is 12.4. The molecule has 0 spiro atoms. The Labute approximate surface area is 172 Å². The molecule has 150 valence electrons. The van der Waals surface area contributed by atoms with Gasteiger partial charge in [0.1, 0.15) is 4.34 Å². The van der Waals surface area contributed by atoms with Gasteiger partial charge < -0.3 is 10.1 Å². The molecule has 0 radical (unpaired) electrons. The van der Waals surface area contributed by atoms with Gasteiger partial charge in [-0.25, -0.2) is 14.6 Å². The summed E-state index contributed by atoms with van der Waals surface area (Å²) in [6.45, 7) is 6.76. The fourth-order valence-electron chi connectivity index (χ4n) is 2.13. The predicted octanol–water partition coefficient (Wildman–Crippen LogP) is 3.52. The molecule has 0 fully saturated rings. The first kappa shape index (κ1) is 21.9. The van der Waals surface area contributed by atoms with Gasteiger partial charge in [0.05, 0.1) is 5.56 Å². The summed E-state index contributed by atoms with van der Waals surface area (Å²) in [5.41, 5.74) is 1.65. The number of aryl methyl sites for hydroxylation is 1. The van der Waals surface area contributed by atoms with Gasteiger partial charge in [-0.05, 0) is 39.3 Å². The number of rotatable bonds is 6. The fraction of sp³-hybridized carbons (Fsp3) is 0.368. The van der Waals surface area contributed by atoms with E-state index in [1.165, 1.54) is 11.8 Å². The molecule has 1 aromatic heterocycles. The lowest BCUT2D eigenvalue weighted by atomic mass is 10.1. The van der Waals surface area contributed by atoms with E-state index in [1.54, 1.807) is 44.2 Å². The average molecular weight is 422 g/mol. The van der Waals surface area contributed by atoms with Crippen molar-refractivity contribution in [3.63, 3.8) is 0 Å². The molecule has 7 nitrogen and oxygen atoms in total. The van der Waals surface area contributed by atoms with Crippen molar-refractivity contribution in [2.75, 3.05) is 6.61 Å². The van der Waals surface area contributed by atoms with Crippen molar-refractivity contribution in [1.82, 2.24) is 15.6 Å². The van der Waals surface area contributed by atoms with Gasteiger partial charge in [0, 0.05) is 22.4 Å². The Morgan fingerprint density at radius 1 is 1.21 bits per heavy atom. The summed E-state index contributed by atoms with van der Waals surface area (Å²) in [4.78, 5) is 40.2. The molecule has 0 atom stereocenters. The number of carbonyl (C=O) groups is 3. The van der Waals surface area contributed by atoms with Crippen LogP contribution in [0.25, 0.3) is 0 Å². The van der Waals surface area contributed by atoms with Crippen LogP contribution in [0.15, 0.2) is 34.0 Å². The first-order valence-electron chi connectivity index (χ1n) is 8.56. The molecule has 28 heavy (non-hydrogen) atoms. The third-order valence-corrected chi connectivity index (χ3v) is 5.45. The van der Waals surface area contributed by atoms with Gasteiger partial charge >= 0.3 is 12.0 Å². The van der Waals surface area contributed by atoms with Crippen molar-refractivity contribution in [2.45, 2.75) is 43.3 Å². The number of hydrogen-bond acceptors (Lipinski definition) is 7. The molecule has 0 unspecified atom stereocenters. The fourth-order valence-corrected chi connectivity index (χ4v) is 3.98. The SMILES string of the molecule is Cc1csc(SCc2ccccc2C(=O)OCC(=O)NC(=O)NC(C)(C)C)n1. The van der Waals surface area contributed by atoms with E-state index in [9.17, 15) is 14.4 Å². The zero-order valence-electron chi connectivity index (χ0n) is 16.2. The summed E-state index contributed by atoms with van der Waals surface area (Å²) in [6.07, 6.45) is 0. The second kappa shape index (κ2) is 9.70. The number of amides is 3. The monoisotopic (exact) mass is 421 g/mol. The molecule has 0 saturated heterocycles. The molecule has 2 rings (SSSR count). The Hall–Kier alpha value is -2.39. The van der Waals surface area contributed by atoms with E-state index in [2.05, 4.69) is 15.6 Å². The largest absolute Gasteiger partial charge is 0.452 e. The number of hydrogen-bond donors (Lipinski definition) is 2. The van der Waals surface area contributed by atoms with Gasteiger partial charge in [0.2, 0.25) is 0 Å². The highest BCUT2D eigenvalue weighted by molar-refractivity contribution is 8.00. The molecule has 9 heteroatoms. The Bertz CT molecular complexity index is 859. The summed E-state index contributed by atoms with van der Waals surface area (Å²) in [5.74, 6) is -0.753. The maximum atomic E-state index is 12.4. The summed E-state index contributed by atoms with van der Waals surface area (Å²) in [6, 6.07) is 6.42. The number of carbonyl (C=O) groups excluding carboxylic acids is 3. The third kappa shape index (κ3) is 7.32. The number of thioether (sulfide) groups is 1. The molecule has 0 aliphatic heterocycles. The van der Waals surface area contributed by atoms with Gasteiger partial charge in [0.15, 0.2) is 6.61 Å². The highest BCUT2D eigenvalue weighted by atomic mass is 32.2. The summed E-state index contributed by atoms with van der Waals surface area (Å²) >= 11 is 3.08. The number of nitrogens with zero attached hydrogens (tertiary/aromatic N) is 1. The quantitative estimate of drug-likeness (QED) is 0.547. The average Bonchev–Trinajstić information content (AvgIpc) is 3.01. The van der Waals surface area contributed by atoms with Crippen molar-refractivity contribution < 1.29 is 19.1 Å². The minimum Gasteiger partial charge on any atom is -0.452 e. The van der Waals surface area contributed by atoms with Crippen LogP contribution in [-0.4, -0.2) is 35.0 Å². The first-order chi connectivity index (χ1) is 13.1. The van der Waals surface area contributed by atoms with Gasteiger partial charge in [0.25, 0.3) is 5.91 Å². The van der Waals surface area contributed by atoms with Crippen LogP contribution in [-0.2, 0) is 15.3 Å². The number of aromatic nitrogens is 1. The minimum atomic E-state index is -0.694. The number of esters is 1. The van der Waals surface area contributed by atoms with Crippen molar-refractivity contribution in [3.8, 4) is 0 Å². The second-order valence-corrected chi connectivity index (χ2v) is 9.11. The van der Waals surface area contributed by atoms with Crippen LogP contribution in [0.2, 0.25) is 0 Å². The van der Waals surface area contributed by atoms with Gasteiger partial charge in [-0.3, -0.25) is 10.1 Å². The van der Waals surface area contributed by atoms with Gasteiger partial charge in [-0.1, -0.05) is 30.0 Å². The summed E-state index contributed by atoms with van der Waals surface area (Å²) in [7, 11) is 0. The first-order valence-corrected chi connectivity index (χ1v) is 10.4. The van der Waals surface area contributed by atoms with Crippen LogP contribution in [0, 0.1) is 6.92 Å². The molecule has 2 aromatic rings. The lowest BCUT2D eigenvalue weighted by molar-refractivity contribution is -0.123. The number of imide groups is 1. The Morgan fingerprint density at radius 3 is 2.57 bits per heavy atom. The Balaban J connectivity index is 1.90. The highest BCUT2D eigenvalue weighted by Gasteiger charge is 2.18. The van der Waals surface area contributed by atoms with E-state index in [0.29, 0.717) is 11.3 Å². The zero-order valence-corrected chi connectivity index (χ0v) is 17.8.